The molecule has 9 nitrogen and oxygen atoms in total. The average Bonchev–Trinajstić information content (AvgIpc) is 2.97. The highest BCUT2D eigenvalue weighted by molar-refractivity contribution is 6.32. The number of methoxy groups -OCH3 is 1. The van der Waals surface area contributed by atoms with E-state index in [4.69, 9.17) is 21.1 Å². The summed E-state index contributed by atoms with van der Waals surface area (Å²) in [5.41, 5.74) is 4.80. The van der Waals surface area contributed by atoms with E-state index in [1.54, 1.807) is 19.4 Å². The maximum atomic E-state index is 12.7. The summed E-state index contributed by atoms with van der Waals surface area (Å²) in [6.45, 7) is 10.6. The van der Waals surface area contributed by atoms with Crippen molar-refractivity contribution < 1.29 is 14.3 Å². The molecule has 10 heteroatoms. The molecular weight excluding hydrogens is 540 g/mol. The first-order chi connectivity index (χ1) is 19.9. The molecule has 1 N–H and O–H groups in total. The number of aromatic nitrogens is 3. The third-order valence-electron chi connectivity index (χ3n) is 7.83. The van der Waals surface area contributed by atoms with Crippen molar-refractivity contribution in [3.63, 3.8) is 0 Å². The van der Waals surface area contributed by atoms with E-state index in [1.165, 1.54) is 11.1 Å². The molecule has 1 unspecified atom stereocenters. The van der Waals surface area contributed by atoms with Crippen LogP contribution in [-0.4, -0.2) is 77.8 Å². The van der Waals surface area contributed by atoms with Gasteiger partial charge in [0.25, 0.3) is 5.91 Å². The number of likely N-dealkylation sites (tertiary alicyclic amines) is 1. The Hall–Kier alpha value is -3.27. The Morgan fingerprint density at radius 1 is 1.10 bits per heavy atom. The molecule has 4 heterocycles. The van der Waals surface area contributed by atoms with Crippen LogP contribution in [0.3, 0.4) is 0 Å². The SMILES string of the molecule is COCCOc1ccc(N(Cc2cnccc2C)C2CCN(C(C)CCNC(=O)c3c(C)ccnc3Cl)CC2)cn1. The van der Waals surface area contributed by atoms with Crippen molar-refractivity contribution in [2.45, 2.75) is 58.7 Å². The topological polar surface area (TPSA) is 92.7 Å². The lowest BCUT2D eigenvalue weighted by Gasteiger charge is -2.42. The fourth-order valence-electron chi connectivity index (χ4n) is 5.24. The highest BCUT2D eigenvalue weighted by Crippen LogP contribution is 2.28. The van der Waals surface area contributed by atoms with Crippen molar-refractivity contribution in [1.82, 2.24) is 25.2 Å². The van der Waals surface area contributed by atoms with Gasteiger partial charge in [-0.15, -0.1) is 0 Å². The number of carbonyl (C=O) groups excluding carboxylic acids is 1. The van der Waals surface area contributed by atoms with E-state index in [0.29, 0.717) is 43.3 Å². The van der Waals surface area contributed by atoms with Gasteiger partial charge in [0.05, 0.1) is 24.1 Å². The third-order valence-corrected chi connectivity index (χ3v) is 8.12. The molecule has 1 saturated heterocycles. The van der Waals surface area contributed by atoms with E-state index in [2.05, 4.69) is 56.0 Å². The Kier molecular flexibility index (Phi) is 11.3. The van der Waals surface area contributed by atoms with Crippen LogP contribution in [0.15, 0.2) is 49.1 Å². The zero-order valence-electron chi connectivity index (χ0n) is 24.5. The molecule has 0 aliphatic carbocycles. The Bertz CT molecular complexity index is 1250. The largest absolute Gasteiger partial charge is 0.475 e. The fraction of sp³-hybridized carbons (Fsp3) is 0.484. The molecule has 1 aliphatic rings. The van der Waals surface area contributed by atoms with Crippen molar-refractivity contribution in [2.24, 2.45) is 0 Å². The maximum Gasteiger partial charge on any atom is 0.254 e. The van der Waals surface area contributed by atoms with E-state index in [9.17, 15) is 4.79 Å². The zero-order valence-corrected chi connectivity index (χ0v) is 25.2. The number of carbonyl (C=O) groups is 1. The lowest BCUT2D eigenvalue weighted by Crippen LogP contribution is -2.48. The summed E-state index contributed by atoms with van der Waals surface area (Å²) in [6, 6.07) is 8.60. The minimum atomic E-state index is -0.170. The van der Waals surface area contributed by atoms with Crippen molar-refractivity contribution >= 4 is 23.2 Å². The summed E-state index contributed by atoms with van der Waals surface area (Å²) in [7, 11) is 1.66. The summed E-state index contributed by atoms with van der Waals surface area (Å²) in [4.78, 5) is 30.6. The minimum absolute atomic E-state index is 0.170. The van der Waals surface area contributed by atoms with Crippen LogP contribution in [0, 0.1) is 13.8 Å². The van der Waals surface area contributed by atoms with Crippen LogP contribution >= 0.6 is 11.6 Å². The van der Waals surface area contributed by atoms with Gasteiger partial charge >= 0.3 is 0 Å². The number of rotatable bonds is 13. The lowest BCUT2D eigenvalue weighted by atomic mass is 9.99. The smallest absolute Gasteiger partial charge is 0.254 e. The molecule has 1 aliphatic heterocycles. The number of aryl methyl sites for hydroxylation is 2. The quantitative estimate of drug-likeness (QED) is 0.227. The highest BCUT2D eigenvalue weighted by Gasteiger charge is 2.28. The molecule has 41 heavy (non-hydrogen) atoms. The van der Waals surface area contributed by atoms with Gasteiger partial charge in [0.15, 0.2) is 0 Å². The van der Waals surface area contributed by atoms with Gasteiger partial charge in [-0.05, 0) is 74.9 Å². The van der Waals surface area contributed by atoms with Gasteiger partial charge in [0.2, 0.25) is 5.88 Å². The predicted octanol–water partition coefficient (Wildman–Crippen LogP) is 4.85. The molecule has 0 aromatic carbocycles. The number of piperidine rings is 1. The Balaban J connectivity index is 1.35. The summed E-state index contributed by atoms with van der Waals surface area (Å²) < 4.78 is 10.8. The number of nitrogens with one attached hydrogen (secondary N) is 1. The van der Waals surface area contributed by atoms with E-state index < -0.39 is 0 Å². The molecule has 4 rings (SSSR count). The molecule has 1 amide bonds. The van der Waals surface area contributed by atoms with Gasteiger partial charge < -0.3 is 24.6 Å². The number of nitrogens with zero attached hydrogens (tertiary/aromatic N) is 5. The first-order valence-electron chi connectivity index (χ1n) is 14.2. The molecule has 0 radical (unpaired) electrons. The fourth-order valence-corrected chi connectivity index (χ4v) is 5.53. The van der Waals surface area contributed by atoms with E-state index in [1.807, 2.05) is 31.6 Å². The average molecular weight is 581 g/mol. The monoisotopic (exact) mass is 580 g/mol. The standard InChI is InChI=1S/C31H41ClN6O3/c1-22-7-12-33-19-25(22)21-38(27-5-6-28(36-20-27)41-18-17-40-4)26-10-15-37(16-11-26)24(3)9-14-35-31(39)29-23(2)8-13-34-30(29)32/h5-8,12-13,19-20,24,26H,9-11,14-18,21H2,1-4H3,(H,35,39). The van der Waals surface area contributed by atoms with Crippen molar-refractivity contribution in [3.05, 3.63) is 76.5 Å². The number of halogens is 1. The van der Waals surface area contributed by atoms with E-state index >= 15 is 0 Å². The molecule has 3 aromatic rings. The van der Waals surface area contributed by atoms with Gasteiger partial charge in [-0.1, -0.05) is 11.6 Å². The Labute approximate surface area is 248 Å². The number of hydrogen-bond acceptors (Lipinski definition) is 8. The normalized spacial score (nSPS) is 15.0. The van der Waals surface area contributed by atoms with Crippen LogP contribution in [0.5, 0.6) is 5.88 Å². The van der Waals surface area contributed by atoms with Gasteiger partial charge in [-0.25, -0.2) is 9.97 Å². The summed E-state index contributed by atoms with van der Waals surface area (Å²) in [5.74, 6) is 0.427. The molecule has 220 valence electrons. The summed E-state index contributed by atoms with van der Waals surface area (Å²) in [6.07, 6.45) is 10.3. The van der Waals surface area contributed by atoms with Crippen LogP contribution < -0.4 is 15.0 Å². The van der Waals surface area contributed by atoms with Crippen LogP contribution in [0.4, 0.5) is 5.69 Å². The molecule has 1 atom stereocenters. The van der Waals surface area contributed by atoms with E-state index in [0.717, 1.165) is 50.1 Å². The van der Waals surface area contributed by atoms with Gasteiger partial charge in [-0.3, -0.25) is 9.78 Å². The number of hydrogen-bond donors (Lipinski definition) is 1. The van der Waals surface area contributed by atoms with E-state index in [-0.39, 0.29) is 11.1 Å². The first-order valence-corrected chi connectivity index (χ1v) is 14.6. The lowest BCUT2D eigenvalue weighted by molar-refractivity contribution is 0.0944. The number of ether oxygens (including phenoxy) is 2. The molecule has 0 saturated carbocycles. The van der Waals surface area contributed by atoms with Gasteiger partial charge in [0, 0.05) is 70.0 Å². The second-order valence-corrected chi connectivity index (χ2v) is 10.9. The summed E-state index contributed by atoms with van der Waals surface area (Å²) >= 11 is 6.16. The molecule has 0 bridgehead atoms. The predicted molar refractivity (Wildman–Crippen MR) is 162 cm³/mol. The summed E-state index contributed by atoms with van der Waals surface area (Å²) in [5, 5.41) is 3.27. The molecule has 0 spiro atoms. The zero-order chi connectivity index (χ0) is 29.2. The number of amides is 1. The Morgan fingerprint density at radius 3 is 2.56 bits per heavy atom. The number of anilines is 1. The van der Waals surface area contributed by atoms with Crippen LogP contribution in [0.2, 0.25) is 5.15 Å². The second-order valence-electron chi connectivity index (χ2n) is 10.6. The van der Waals surface area contributed by atoms with Crippen molar-refractivity contribution in [3.8, 4) is 5.88 Å². The minimum Gasteiger partial charge on any atom is -0.475 e. The van der Waals surface area contributed by atoms with Crippen LogP contribution in [0.25, 0.3) is 0 Å². The number of pyridine rings is 3. The van der Waals surface area contributed by atoms with Crippen molar-refractivity contribution in [1.29, 1.82) is 0 Å². The van der Waals surface area contributed by atoms with Crippen molar-refractivity contribution in [2.75, 3.05) is 44.9 Å². The molecular formula is C31H41ClN6O3. The first kappa shape index (κ1) is 30.7. The van der Waals surface area contributed by atoms with Crippen LogP contribution in [-0.2, 0) is 11.3 Å². The third kappa shape index (κ3) is 8.38. The maximum absolute atomic E-state index is 12.7. The molecule has 3 aromatic heterocycles. The van der Waals surface area contributed by atoms with Crippen LogP contribution in [0.1, 0.15) is 53.2 Å². The van der Waals surface area contributed by atoms with Gasteiger partial charge in [0.1, 0.15) is 11.8 Å². The Morgan fingerprint density at radius 2 is 1.88 bits per heavy atom. The second kappa shape index (κ2) is 15.1. The van der Waals surface area contributed by atoms with Gasteiger partial charge in [-0.2, -0.15) is 0 Å². The molecule has 1 fully saturated rings. The highest BCUT2D eigenvalue weighted by atomic mass is 35.5.